The second kappa shape index (κ2) is 6.69. The summed E-state index contributed by atoms with van der Waals surface area (Å²) in [5, 5.41) is 4.08. The molecule has 1 aliphatic rings. The molecule has 0 aliphatic carbocycles. The monoisotopic (exact) mass is 389 g/mol. The molecule has 4 aromatic rings. The summed E-state index contributed by atoms with van der Waals surface area (Å²) in [4.78, 5) is 21.1. The van der Waals surface area contributed by atoms with E-state index >= 15 is 0 Å². The topological polar surface area (TPSA) is 72.4 Å². The third-order valence-corrected chi connectivity index (χ3v) is 5.69. The molecule has 2 aromatic heterocycles. The van der Waals surface area contributed by atoms with Crippen LogP contribution in [0.1, 0.15) is 17.3 Å². The molecular weight excluding hydrogens is 374 g/mol. The lowest BCUT2D eigenvalue weighted by atomic mass is 10.1. The van der Waals surface area contributed by atoms with Crippen molar-refractivity contribution in [3.63, 3.8) is 0 Å². The number of rotatable bonds is 3. The van der Waals surface area contributed by atoms with Gasteiger partial charge >= 0.3 is 0 Å². The van der Waals surface area contributed by atoms with Crippen LogP contribution in [0.15, 0.2) is 79.6 Å². The van der Waals surface area contributed by atoms with Crippen molar-refractivity contribution < 1.29 is 13.7 Å². The summed E-state index contributed by atoms with van der Waals surface area (Å²) in [5.74, 6) is 1.34. The number of aromatic nitrogens is 2. The van der Waals surface area contributed by atoms with Crippen LogP contribution in [0.4, 0.5) is 5.69 Å². The normalized spacial score (nSPS) is 13.2. The molecule has 0 radical (unpaired) electrons. The Morgan fingerprint density at radius 1 is 1.07 bits per heavy atom. The van der Waals surface area contributed by atoms with Crippen LogP contribution in [0.5, 0.6) is 0 Å². The van der Waals surface area contributed by atoms with E-state index in [1.165, 1.54) is 0 Å². The molecule has 2 aromatic carbocycles. The van der Waals surface area contributed by atoms with E-state index in [4.69, 9.17) is 8.94 Å². The van der Waals surface area contributed by atoms with Crippen LogP contribution in [0, 0.1) is 0 Å². The van der Waals surface area contributed by atoms with Crippen LogP contribution in [0.3, 0.4) is 0 Å². The summed E-state index contributed by atoms with van der Waals surface area (Å²) in [5.41, 5.74) is 2.41. The summed E-state index contributed by atoms with van der Waals surface area (Å²) >= 11 is 1.57. The fourth-order valence-electron chi connectivity index (χ4n) is 3.22. The first-order valence-electron chi connectivity index (χ1n) is 8.85. The smallest absolute Gasteiger partial charge is 0.293 e. The van der Waals surface area contributed by atoms with Gasteiger partial charge in [0, 0.05) is 21.9 Å². The zero-order valence-corrected chi connectivity index (χ0v) is 15.8. The minimum Gasteiger partial charge on any atom is -0.459 e. The van der Waals surface area contributed by atoms with Crippen molar-refractivity contribution >= 4 is 23.4 Å². The highest BCUT2D eigenvalue weighted by atomic mass is 32.2. The van der Waals surface area contributed by atoms with E-state index in [2.05, 4.69) is 10.1 Å². The van der Waals surface area contributed by atoms with Crippen LogP contribution in [0.25, 0.3) is 23.0 Å². The molecule has 3 heterocycles. The van der Waals surface area contributed by atoms with Crippen molar-refractivity contribution in [1.29, 1.82) is 0 Å². The van der Waals surface area contributed by atoms with E-state index in [0.29, 0.717) is 29.6 Å². The van der Waals surface area contributed by atoms with E-state index in [-0.39, 0.29) is 5.91 Å². The number of benzene rings is 2. The minimum absolute atomic E-state index is 0.0109. The van der Waals surface area contributed by atoms with Gasteiger partial charge in [0.15, 0.2) is 5.76 Å². The first kappa shape index (κ1) is 16.8. The van der Waals surface area contributed by atoms with E-state index < -0.39 is 0 Å². The highest BCUT2D eigenvalue weighted by molar-refractivity contribution is 7.99. The molecule has 0 saturated carbocycles. The second-order valence-corrected chi connectivity index (χ2v) is 7.31. The molecule has 0 N–H and O–H groups in total. The standard InChI is InChI=1S/C21H15N3O3S/c1-2-24-15-10-9-13(19-22-20(27-23-19)16-7-5-11-26-16)12-18(15)28-17-8-4-3-6-14(17)21(24)25/h3-12H,2H2,1H3. The van der Waals surface area contributed by atoms with Gasteiger partial charge in [-0.1, -0.05) is 29.1 Å². The number of carbonyl (C=O) groups excluding carboxylic acids is 1. The Labute approximate surface area is 165 Å². The largest absolute Gasteiger partial charge is 0.459 e. The number of fused-ring (bicyclic) bond motifs is 2. The summed E-state index contributed by atoms with van der Waals surface area (Å²) in [7, 11) is 0. The number of hydrogen-bond acceptors (Lipinski definition) is 6. The van der Waals surface area contributed by atoms with Crippen LogP contribution in [-0.2, 0) is 0 Å². The summed E-state index contributed by atoms with van der Waals surface area (Å²) < 4.78 is 10.6. The molecule has 0 unspecified atom stereocenters. The van der Waals surface area contributed by atoms with Crippen molar-refractivity contribution in [2.75, 3.05) is 11.4 Å². The molecule has 5 rings (SSSR count). The molecule has 0 atom stereocenters. The number of anilines is 1. The molecule has 1 amide bonds. The molecule has 138 valence electrons. The van der Waals surface area contributed by atoms with Gasteiger partial charge in [-0.05, 0) is 49.4 Å². The van der Waals surface area contributed by atoms with Crippen molar-refractivity contribution in [3.05, 3.63) is 66.4 Å². The molecular formula is C21H15N3O3S. The molecule has 0 spiro atoms. The Morgan fingerprint density at radius 3 is 2.79 bits per heavy atom. The zero-order valence-electron chi connectivity index (χ0n) is 15.0. The van der Waals surface area contributed by atoms with Gasteiger partial charge in [-0.15, -0.1) is 0 Å². The molecule has 0 bridgehead atoms. The number of nitrogens with zero attached hydrogens (tertiary/aromatic N) is 3. The third-order valence-electron chi connectivity index (χ3n) is 4.57. The van der Waals surface area contributed by atoms with Crippen LogP contribution in [0.2, 0.25) is 0 Å². The molecule has 7 heteroatoms. The Kier molecular flexibility index (Phi) is 4.02. The summed E-state index contributed by atoms with van der Waals surface area (Å²) in [6.07, 6.45) is 1.56. The Hall–Kier alpha value is -3.32. The maximum atomic E-state index is 13.0. The predicted molar refractivity (Wildman–Crippen MR) is 105 cm³/mol. The van der Waals surface area contributed by atoms with E-state index in [0.717, 1.165) is 21.0 Å². The lowest BCUT2D eigenvalue weighted by molar-refractivity contribution is 0.0985. The van der Waals surface area contributed by atoms with Gasteiger partial charge in [0.25, 0.3) is 11.8 Å². The van der Waals surface area contributed by atoms with Gasteiger partial charge in [0.05, 0.1) is 17.5 Å². The van der Waals surface area contributed by atoms with Crippen LogP contribution >= 0.6 is 11.8 Å². The average molecular weight is 389 g/mol. The number of furan rings is 1. The quantitative estimate of drug-likeness (QED) is 0.484. The van der Waals surface area contributed by atoms with Crippen LogP contribution in [-0.4, -0.2) is 22.6 Å². The lowest BCUT2D eigenvalue weighted by Gasteiger charge is -2.21. The maximum Gasteiger partial charge on any atom is 0.293 e. The minimum atomic E-state index is 0.0109. The van der Waals surface area contributed by atoms with Gasteiger partial charge in [0.2, 0.25) is 5.82 Å². The van der Waals surface area contributed by atoms with E-state index in [9.17, 15) is 4.79 Å². The first-order valence-corrected chi connectivity index (χ1v) is 9.67. The van der Waals surface area contributed by atoms with Crippen molar-refractivity contribution in [2.45, 2.75) is 16.7 Å². The van der Waals surface area contributed by atoms with Crippen molar-refractivity contribution in [1.82, 2.24) is 10.1 Å². The van der Waals surface area contributed by atoms with Gasteiger partial charge < -0.3 is 13.8 Å². The number of amides is 1. The second-order valence-electron chi connectivity index (χ2n) is 6.23. The van der Waals surface area contributed by atoms with Gasteiger partial charge in [-0.25, -0.2) is 0 Å². The maximum absolute atomic E-state index is 13.0. The van der Waals surface area contributed by atoms with Crippen molar-refractivity contribution in [3.8, 4) is 23.0 Å². The SMILES string of the molecule is CCN1C(=O)c2ccccc2Sc2cc(-c3noc(-c4ccco4)n3)ccc21. The zero-order chi connectivity index (χ0) is 19.1. The Bertz CT molecular complexity index is 1170. The number of hydrogen-bond donors (Lipinski definition) is 0. The van der Waals surface area contributed by atoms with E-state index in [1.807, 2.05) is 49.4 Å². The Balaban J connectivity index is 1.59. The van der Waals surface area contributed by atoms with Crippen molar-refractivity contribution in [2.24, 2.45) is 0 Å². The van der Waals surface area contributed by atoms with Gasteiger partial charge in [0.1, 0.15) is 0 Å². The molecule has 1 aliphatic heterocycles. The molecule has 28 heavy (non-hydrogen) atoms. The fraction of sp³-hybridized carbons (Fsp3) is 0.0952. The molecule has 0 saturated heterocycles. The Morgan fingerprint density at radius 2 is 1.96 bits per heavy atom. The third kappa shape index (κ3) is 2.71. The first-order chi connectivity index (χ1) is 13.7. The average Bonchev–Trinajstić information content (AvgIpc) is 3.39. The van der Waals surface area contributed by atoms with E-state index in [1.54, 1.807) is 35.1 Å². The predicted octanol–water partition coefficient (Wildman–Crippen LogP) is 5.13. The lowest BCUT2D eigenvalue weighted by Crippen LogP contribution is -2.30. The van der Waals surface area contributed by atoms with Gasteiger partial charge in [-0.3, -0.25) is 4.79 Å². The molecule has 0 fully saturated rings. The summed E-state index contributed by atoms with van der Waals surface area (Å²) in [6, 6.07) is 17.1. The number of carbonyl (C=O) groups is 1. The highest BCUT2D eigenvalue weighted by Crippen LogP contribution is 2.42. The highest BCUT2D eigenvalue weighted by Gasteiger charge is 2.26. The van der Waals surface area contributed by atoms with Crippen LogP contribution < -0.4 is 4.90 Å². The van der Waals surface area contributed by atoms with Gasteiger partial charge in [-0.2, -0.15) is 4.98 Å². The summed E-state index contributed by atoms with van der Waals surface area (Å²) in [6.45, 7) is 2.56. The fourth-order valence-corrected chi connectivity index (χ4v) is 4.34. The molecule has 6 nitrogen and oxygen atoms in total.